The van der Waals surface area contributed by atoms with E-state index in [1.54, 1.807) is 7.11 Å². The molecule has 0 aromatic carbocycles. The Hall–Kier alpha value is -0.120. The van der Waals surface area contributed by atoms with Gasteiger partial charge in [-0.2, -0.15) is 0 Å². The summed E-state index contributed by atoms with van der Waals surface area (Å²) in [6, 6.07) is 0.558. The van der Waals surface area contributed by atoms with Crippen LogP contribution in [0.5, 0.6) is 0 Å². The van der Waals surface area contributed by atoms with Crippen LogP contribution in [-0.4, -0.2) is 49.8 Å². The minimum atomic E-state index is 0.285. The van der Waals surface area contributed by atoms with Gasteiger partial charge in [-0.25, -0.2) is 0 Å². The van der Waals surface area contributed by atoms with Crippen molar-refractivity contribution in [2.24, 2.45) is 0 Å². The van der Waals surface area contributed by atoms with Gasteiger partial charge in [-0.05, 0) is 45.3 Å². The number of hydrogen-bond donors (Lipinski definition) is 1. The summed E-state index contributed by atoms with van der Waals surface area (Å²) in [4.78, 5) is 2.65. The average molecular weight is 272 g/mol. The number of hydrogen-bond acceptors (Lipinski definition) is 3. The molecule has 1 unspecified atom stereocenters. The van der Waals surface area contributed by atoms with Crippen LogP contribution < -0.4 is 5.32 Å². The van der Waals surface area contributed by atoms with Gasteiger partial charge in [-0.3, -0.25) is 4.90 Å². The third-order valence-corrected chi connectivity index (χ3v) is 4.56. The van der Waals surface area contributed by atoms with Crippen molar-refractivity contribution in [2.45, 2.75) is 71.9 Å². The van der Waals surface area contributed by atoms with E-state index >= 15 is 0 Å². The molecule has 3 nitrogen and oxygen atoms in total. The molecular formula is C16H36N2O. The maximum Gasteiger partial charge on any atom is 0.0462 e. The van der Waals surface area contributed by atoms with Crippen LogP contribution in [0.2, 0.25) is 0 Å². The highest BCUT2D eigenvalue weighted by atomic mass is 16.5. The lowest BCUT2D eigenvalue weighted by Gasteiger charge is -2.48. The summed E-state index contributed by atoms with van der Waals surface area (Å²) >= 11 is 0. The first-order chi connectivity index (χ1) is 9.16. The molecule has 0 saturated carbocycles. The molecule has 0 heterocycles. The summed E-state index contributed by atoms with van der Waals surface area (Å²) in [6.07, 6.45) is 4.74. The minimum absolute atomic E-state index is 0.285. The van der Waals surface area contributed by atoms with Gasteiger partial charge in [0.1, 0.15) is 0 Å². The summed E-state index contributed by atoms with van der Waals surface area (Å²) in [5, 5.41) is 3.74. The van der Waals surface area contributed by atoms with Gasteiger partial charge in [-0.15, -0.1) is 0 Å². The van der Waals surface area contributed by atoms with Crippen LogP contribution in [0.1, 0.15) is 60.3 Å². The van der Waals surface area contributed by atoms with Crippen molar-refractivity contribution < 1.29 is 4.74 Å². The smallest absolute Gasteiger partial charge is 0.0462 e. The van der Waals surface area contributed by atoms with E-state index in [1.807, 2.05) is 0 Å². The van der Waals surface area contributed by atoms with Gasteiger partial charge in [-0.1, -0.05) is 34.6 Å². The lowest BCUT2D eigenvalue weighted by atomic mass is 9.80. The fraction of sp³-hybridized carbons (Fsp3) is 1.00. The topological polar surface area (TPSA) is 24.5 Å². The second-order valence-corrected chi connectivity index (χ2v) is 5.23. The van der Waals surface area contributed by atoms with Crippen LogP contribution in [0.25, 0.3) is 0 Å². The number of nitrogens with one attached hydrogen (secondary N) is 1. The molecule has 0 rings (SSSR count). The highest BCUT2D eigenvalue weighted by Gasteiger charge is 2.38. The van der Waals surface area contributed by atoms with Crippen LogP contribution in [0.4, 0.5) is 0 Å². The molecule has 0 radical (unpaired) electrons. The molecule has 19 heavy (non-hydrogen) atoms. The largest absolute Gasteiger partial charge is 0.385 e. The van der Waals surface area contributed by atoms with E-state index in [4.69, 9.17) is 4.74 Å². The second-order valence-electron chi connectivity index (χ2n) is 5.23. The van der Waals surface area contributed by atoms with Crippen LogP contribution in [0.15, 0.2) is 0 Å². The lowest BCUT2D eigenvalue weighted by Crippen LogP contribution is -2.60. The molecule has 0 spiro atoms. The standard InChI is InChI=1S/C16H36N2O/c1-7-16(8-2,18(10-4)11-5)15(17-9-3)13-12-14-19-6/h15,17H,7-14H2,1-6H3. The first-order valence-electron chi connectivity index (χ1n) is 8.13. The van der Waals surface area contributed by atoms with Crippen molar-refractivity contribution in [1.29, 1.82) is 0 Å². The van der Waals surface area contributed by atoms with Crippen molar-refractivity contribution >= 4 is 0 Å². The van der Waals surface area contributed by atoms with E-state index in [-0.39, 0.29) is 5.54 Å². The Balaban J connectivity index is 5.00. The molecular weight excluding hydrogens is 236 g/mol. The van der Waals surface area contributed by atoms with Gasteiger partial charge in [0, 0.05) is 25.3 Å². The summed E-state index contributed by atoms with van der Waals surface area (Å²) in [6.45, 7) is 15.6. The highest BCUT2D eigenvalue weighted by Crippen LogP contribution is 2.30. The highest BCUT2D eigenvalue weighted by molar-refractivity contribution is 4.98. The third kappa shape index (κ3) is 5.05. The number of rotatable bonds is 12. The van der Waals surface area contributed by atoms with E-state index < -0.39 is 0 Å². The summed E-state index contributed by atoms with van der Waals surface area (Å²) in [7, 11) is 1.79. The van der Waals surface area contributed by atoms with E-state index in [2.05, 4.69) is 44.8 Å². The zero-order valence-electron chi connectivity index (χ0n) is 14.1. The molecule has 0 amide bonds. The van der Waals surface area contributed by atoms with E-state index in [0.717, 1.165) is 32.7 Å². The van der Waals surface area contributed by atoms with Crippen LogP contribution in [0, 0.1) is 0 Å². The Kier molecular flexibility index (Phi) is 10.6. The fourth-order valence-corrected chi connectivity index (χ4v) is 3.50. The van der Waals surface area contributed by atoms with Crippen LogP contribution in [0.3, 0.4) is 0 Å². The van der Waals surface area contributed by atoms with E-state index in [9.17, 15) is 0 Å². The van der Waals surface area contributed by atoms with Crippen molar-refractivity contribution in [3.05, 3.63) is 0 Å². The molecule has 0 bridgehead atoms. The molecule has 0 saturated heterocycles. The molecule has 0 aliphatic carbocycles. The fourth-order valence-electron chi connectivity index (χ4n) is 3.50. The van der Waals surface area contributed by atoms with Gasteiger partial charge < -0.3 is 10.1 Å². The predicted molar refractivity (Wildman–Crippen MR) is 84.8 cm³/mol. The van der Waals surface area contributed by atoms with Gasteiger partial charge in [0.15, 0.2) is 0 Å². The predicted octanol–water partition coefficient (Wildman–Crippen LogP) is 3.29. The van der Waals surface area contributed by atoms with E-state index in [1.165, 1.54) is 19.3 Å². The van der Waals surface area contributed by atoms with Crippen molar-refractivity contribution in [2.75, 3.05) is 33.4 Å². The third-order valence-electron chi connectivity index (χ3n) is 4.56. The van der Waals surface area contributed by atoms with Gasteiger partial charge >= 0.3 is 0 Å². The van der Waals surface area contributed by atoms with Crippen molar-refractivity contribution in [1.82, 2.24) is 10.2 Å². The monoisotopic (exact) mass is 272 g/mol. The second kappa shape index (κ2) is 10.6. The molecule has 1 N–H and O–H groups in total. The molecule has 0 aromatic rings. The molecule has 0 aromatic heterocycles. The number of ether oxygens (including phenoxy) is 1. The zero-order chi connectivity index (χ0) is 14.7. The molecule has 3 heteroatoms. The average Bonchev–Trinajstić information content (AvgIpc) is 2.44. The summed E-state index contributed by atoms with van der Waals surface area (Å²) in [5.41, 5.74) is 0.285. The van der Waals surface area contributed by atoms with Crippen molar-refractivity contribution in [3.8, 4) is 0 Å². The zero-order valence-corrected chi connectivity index (χ0v) is 14.1. The van der Waals surface area contributed by atoms with Crippen LogP contribution in [-0.2, 0) is 4.74 Å². The minimum Gasteiger partial charge on any atom is -0.385 e. The van der Waals surface area contributed by atoms with E-state index in [0.29, 0.717) is 6.04 Å². The SMILES string of the molecule is CCNC(CCCOC)C(CC)(CC)N(CC)CC. The maximum atomic E-state index is 5.22. The summed E-state index contributed by atoms with van der Waals surface area (Å²) < 4.78 is 5.22. The molecule has 0 fully saturated rings. The first-order valence-corrected chi connectivity index (χ1v) is 8.13. The Morgan fingerprint density at radius 1 is 1.05 bits per heavy atom. The molecule has 116 valence electrons. The Morgan fingerprint density at radius 3 is 2.00 bits per heavy atom. The lowest BCUT2D eigenvalue weighted by molar-refractivity contribution is 0.0430. The normalized spacial score (nSPS) is 14.1. The summed E-state index contributed by atoms with van der Waals surface area (Å²) in [5.74, 6) is 0. The molecule has 0 aliphatic heterocycles. The Morgan fingerprint density at radius 2 is 1.63 bits per heavy atom. The number of methoxy groups -OCH3 is 1. The van der Waals surface area contributed by atoms with Crippen molar-refractivity contribution in [3.63, 3.8) is 0 Å². The maximum absolute atomic E-state index is 5.22. The number of nitrogens with zero attached hydrogens (tertiary/aromatic N) is 1. The van der Waals surface area contributed by atoms with Gasteiger partial charge in [0.05, 0.1) is 0 Å². The number of likely N-dealkylation sites (N-methyl/N-ethyl adjacent to an activating group) is 2. The Labute approximate surface area is 121 Å². The van der Waals surface area contributed by atoms with Gasteiger partial charge in [0.2, 0.25) is 0 Å². The first kappa shape index (κ1) is 18.9. The van der Waals surface area contributed by atoms with Crippen LogP contribution >= 0.6 is 0 Å². The quantitative estimate of drug-likeness (QED) is 0.552. The molecule has 0 aliphatic rings. The Bertz CT molecular complexity index is 201. The van der Waals surface area contributed by atoms with Gasteiger partial charge in [0.25, 0.3) is 0 Å². The molecule has 1 atom stereocenters.